The van der Waals surface area contributed by atoms with E-state index in [-0.39, 0.29) is 11.4 Å². The number of carbonyl (C=O) groups excluding carboxylic acids is 2. The normalized spacial score (nSPS) is 35.9. The van der Waals surface area contributed by atoms with Crippen LogP contribution in [0.15, 0.2) is 23.3 Å². The molecule has 0 bridgehead atoms. The third kappa shape index (κ3) is 2.90. The van der Waals surface area contributed by atoms with E-state index in [0.717, 1.165) is 36.7 Å². The summed E-state index contributed by atoms with van der Waals surface area (Å²) in [5.41, 5.74) is 2.58. The van der Waals surface area contributed by atoms with Gasteiger partial charge in [0.05, 0.1) is 0 Å². The van der Waals surface area contributed by atoms with Crippen molar-refractivity contribution in [3.63, 3.8) is 0 Å². The third-order valence-electron chi connectivity index (χ3n) is 6.68. The summed E-state index contributed by atoms with van der Waals surface area (Å²) in [5.74, 6) is 0.709. The average molecular weight is 316 g/mol. The lowest BCUT2D eigenvalue weighted by atomic mass is 9.48. The van der Waals surface area contributed by atoms with Gasteiger partial charge in [-0.15, -0.1) is 0 Å². The van der Waals surface area contributed by atoms with Crippen molar-refractivity contribution in [1.82, 2.24) is 0 Å². The van der Waals surface area contributed by atoms with Gasteiger partial charge in [-0.05, 0) is 65.9 Å². The predicted molar refractivity (Wildman–Crippen MR) is 89.8 cm³/mol. The van der Waals surface area contributed by atoms with Gasteiger partial charge in [0, 0.05) is 6.08 Å². The van der Waals surface area contributed by atoms with Crippen LogP contribution in [0.5, 0.6) is 0 Å². The minimum absolute atomic E-state index is 0.191. The Balaban J connectivity index is 1.84. The molecule has 0 unspecified atom stereocenters. The maximum atomic E-state index is 11.6. The molecule has 1 fully saturated rings. The summed E-state index contributed by atoms with van der Waals surface area (Å²) in [6.45, 7) is 7.59. The highest BCUT2D eigenvalue weighted by atomic mass is 16.5. The van der Waals surface area contributed by atoms with Gasteiger partial charge in [0.15, 0.2) is 0 Å². The molecule has 1 heterocycles. The van der Waals surface area contributed by atoms with Gasteiger partial charge in [0.25, 0.3) is 0 Å². The Kier molecular flexibility index (Phi) is 4.24. The number of fused-ring (bicyclic) bond motifs is 1. The molecule has 1 aliphatic heterocycles. The molecule has 0 spiro atoms. The van der Waals surface area contributed by atoms with Crippen LogP contribution in [0, 0.1) is 22.7 Å². The molecule has 0 aromatic carbocycles. The maximum Gasteiger partial charge on any atom is 0.331 e. The van der Waals surface area contributed by atoms with Crippen LogP contribution >= 0.6 is 0 Å². The Morgan fingerprint density at radius 3 is 2.74 bits per heavy atom. The lowest BCUT2D eigenvalue weighted by Crippen LogP contribution is -2.48. The smallest absolute Gasteiger partial charge is 0.331 e. The van der Waals surface area contributed by atoms with E-state index in [1.165, 1.54) is 19.3 Å². The van der Waals surface area contributed by atoms with Crippen molar-refractivity contribution in [3.05, 3.63) is 23.3 Å². The van der Waals surface area contributed by atoms with Crippen LogP contribution in [-0.4, -0.2) is 18.9 Å². The lowest BCUT2D eigenvalue weighted by molar-refractivity contribution is -0.134. The van der Waals surface area contributed by atoms with Crippen molar-refractivity contribution in [2.45, 2.75) is 59.3 Å². The number of rotatable bonds is 4. The van der Waals surface area contributed by atoms with E-state index in [4.69, 9.17) is 4.74 Å². The number of ether oxygens (including phenoxy) is 1. The molecule has 0 N–H and O–H groups in total. The first kappa shape index (κ1) is 16.5. The first-order valence-corrected chi connectivity index (χ1v) is 8.88. The summed E-state index contributed by atoms with van der Waals surface area (Å²) in [6, 6.07) is 0. The van der Waals surface area contributed by atoms with Crippen molar-refractivity contribution < 1.29 is 14.3 Å². The summed E-state index contributed by atoms with van der Waals surface area (Å²) in [4.78, 5) is 22.9. The maximum absolute atomic E-state index is 11.6. The van der Waals surface area contributed by atoms with Crippen LogP contribution < -0.4 is 0 Å². The van der Waals surface area contributed by atoms with Gasteiger partial charge in [-0.25, -0.2) is 4.79 Å². The van der Waals surface area contributed by atoms with E-state index in [1.807, 2.05) is 0 Å². The van der Waals surface area contributed by atoms with E-state index in [0.29, 0.717) is 23.9 Å². The minimum Gasteiger partial charge on any atom is -0.458 e. The number of hydrogen-bond acceptors (Lipinski definition) is 3. The molecule has 3 rings (SSSR count). The molecular weight excluding hydrogens is 288 g/mol. The average Bonchev–Trinajstić information content (AvgIpc) is 2.89. The second-order valence-electron chi connectivity index (χ2n) is 8.46. The van der Waals surface area contributed by atoms with E-state index in [9.17, 15) is 9.59 Å². The molecule has 23 heavy (non-hydrogen) atoms. The molecule has 3 aliphatic rings. The summed E-state index contributed by atoms with van der Waals surface area (Å²) in [7, 11) is 0. The molecule has 3 atom stereocenters. The number of aldehydes is 1. The number of cyclic esters (lactones) is 1. The Bertz CT molecular complexity index is 569. The third-order valence-corrected chi connectivity index (χ3v) is 6.68. The second kappa shape index (κ2) is 5.92. The Hall–Kier alpha value is -1.38. The molecule has 1 saturated carbocycles. The molecule has 3 heteroatoms. The Labute approximate surface area is 139 Å². The topological polar surface area (TPSA) is 43.4 Å². The Morgan fingerprint density at radius 2 is 2.09 bits per heavy atom. The quantitative estimate of drug-likeness (QED) is 0.576. The summed E-state index contributed by atoms with van der Waals surface area (Å²) in [6.07, 6.45) is 11.4. The molecule has 0 radical (unpaired) electrons. The number of hydrogen-bond donors (Lipinski definition) is 0. The van der Waals surface area contributed by atoms with Crippen molar-refractivity contribution in [2.24, 2.45) is 22.7 Å². The number of allylic oxidation sites excluding steroid dienone is 2. The van der Waals surface area contributed by atoms with Gasteiger partial charge in [0.2, 0.25) is 0 Å². The van der Waals surface area contributed by atoms with Crippen molar-refractivity contribution >= 4 is 12.3 Å². The fourth-order valence-corrected chi connectivity index (χ4v) is 5.46. The SMILES string of the molecule is CC1(C)CCC[C@@]2(C)[C@@H](CCC3=CC(=O)OC3)C(C=O)=CC[C@@H]12. The molecule has 0 aromatic rings. The van der Waals surface area contributed by atoms with Crippen LogP contribution in [0.4, 0.5) is 0 Å². The lowest BCUT2D eigenvalue weighted by Gasteiger charge is -2.56. The van der Waals surface area contributed by atoms with Gasteiger partial charge < -0.3 is 4.74 Å². The first-order chi connectivity index (χ1) is 10.9. The number of esters is 1. The number of carbonyl (C=O) groups is 2. The van der Waals surface area contributed by atoms with Crippen LogP contribution in [-0.2, 0) is 14.3 Å². The van der Waals surface area contributed by atoms with Gasteiger partial charge in [-0.1, -0.05) is 33.3 Å². The van der Waals surface area contributed by atoms with Crippen molar-refractivity contribution in [2.75, 3.05) is 6.61 Å². The monoisotopic (exact) mass is 316 g/mol. The van der Waals surface area contributed by atoms with E-state index in [1.54, 1.807) is 6.08 Å². The molecular formula is C20H28O3. The highest BCUT2D eigenvalue weighted by Crippen LogP contribution is 2.60. The van der Waals surface area contributed by atoms with Crippen LogP contribution in [0.1, 0.15) is 59.3 Å². The van der Waals surface area contributed by atoms with Crippen LogP contribution in [0.2, 0.25) is 0 Å². The van der Waals surface area contributed by atoms with Crippen LogP contribution in [0.25, 0.3) is 0 Å². The Morgan fingerprint density at radius 1 is 1.30 bits per heavy atom. The predicted octanol–water partition coefficient (Wildman–Crippen LogP) is 4.23. The molecule has 0 aromatic heterocycles. The first-order valence-electron chi connectivity index (χ1n) is 8.88. The summed E-state index contributed by atoms with van der Waals surface area (Å²) >= 11 is 0. The fraction of sp³-hybridized carbons (Fsp3) is 0.700. The molecule has 0 saturated heterocycles. The fourth-order valence-electron chi connectivity index (χ4n) is 5.46. The molecule has 0 amide bonds. The van der Waals surface area contributed by atoms with Crippen LogP contribution in [0.3, 0.4) is 0 Å². The zero-order chi connectivity index (χ0) is 16.7. The van der Waals surface area contributed by atoms with Crippen molar-refractivity contribution in [1.29, 1.82) is 0 Å². The highest BCUT2D eigenvalue weighted by molar-refractivity contribution is 5.85. The van der Waals surface area contributed by atoms with E-state index >= 15 is 0 Å². The summed E-state index contributed by atoms with van der Waals surface area (Å²) in [5, 5.41) is 0. The highest BCUT2D eigenvalue weighted by Gasteiger charge is 2.52. The standard InChI is InChI=1S/C20H28O3/c1-19(2)9-4-10-20(3)16(15(12-21)6-8-17(19)20)7-5-14-11-18(22)23-13-14/h6,11-12,16-17H,4-5,7-10,13H2,1-3H3/t16-,17-,20-/m0/s1. The van der Waals surface area contributed by atoms with Gasteiger partial charge in [-0.3, -0.25) is 4.79 Å². The molecule has 2 aliphatic carbocycles. The largest absolute Gasteiger partial charge is 0.458 e. The zero-order valence-electron chi connectivity index (χ0n) is 14.6. The van der Waals surface area contributed by atoms with E-state index in [2.05, 4.69) is 26.8 Å². The minimum atomic E-state index is -0.224. The summed E-state index contributed by atoms with van der Waals surface area (Å²) < 4.78 is 5.01. The van der Waals surface area contributed by atoms with Gasteiger partial charge in [-0.2, -0.15) is 0 Å². The molecule has 3 nitrogen and oxygen atoms in total. The van der Waals surface area contributed by atoms with Gasteiger partial charge >= 0.3 is 5.97 Å². The van der Waals surface area contributed by atoms with E-state index < -0.39 is 0 Å². The molecule has 126 valence electrons. The van der Waals surface area contributed by atoms with Crippen molar-refractivity contribution in [3.8, 4) is 0 Å². The zero-order valence-corrected chi connectivity index (χ0v) is 14.6. The van der Waals surface area contributed by atoms with Gasteiger partial charge in [0.1, 0.15) is 12.9 Å². The second-order valence-corrected chi connectivity index (χ2v) is 8.46.